The first-order valence-electron chi connectivity index (χ1n) is 16.8. The van der Waals surface area contributed by atoms with E-state index in [4.69, 9.17) is 9.57 Å². The maximum absolute atomic E-state index is 14.5. The number of aromatic nitrogens is 1. The Kier molecular flexibility index (Phi) is 9.80. The van der Waals surface area contributed by atoms with Crippen LogP contribution >= 0.6 is 11.3 Å². The number of amides is 2. The van der Waals surface area contributed by atoms with Gasteiger partial charge in [0.25, 0.3) is 11.1 Å². The van der Waals surface area contributed by atoms with Crippen molar-refractivity contribution in [1.29, 1.82) is 0 Å². The summed E-state index contributed by atoms with van der Waals surface area (Å²) in [6.07, 6.45) is 9.70. The smallest absolute Gasteiger partial charge is 0.274 e. The Morgan fingerprint density at radius 1 is 1.13 bits per heavy atom. The molecule has 250 valence electrons. The first-order valence-corrected chi connectivity index (χ1v) is 17.6. The summed E-state index contributed by atoms with van der Waals surface area (Å²) >= 11 is 1.24. The van der Waals surface area contributed by atoms with Crippen molar-refractivity contribution >= 4 is 39.2 Å². The molecule has 2 aromatic carbocycles. The summed E-state index contributed by atoms with van der Waals surface area (Å²) in [5.74, 6) is -1.22. The van der Waals surface area contributed by atoms with Crippen LogP contribution in [0.1, 0.15) is 77.7 Å². The third-order valence-electron chi connectivity index (χ3n) is 9.51. The maximum atomic E-state index is 14.5. The molecule has 0 bridgehead atoms. The summed E-state index contributed by atoms with van der Waals surface area (Å²) in [5.41, 5.74) is 2.84. The molecule has 2 fully saturated rings. The van der Waals surface area contributed by atoms with Gasteiger partial charge in [-0.2, -0.15) is 0 Å². The number of nitrogens with one attached hydrogen (secondary N) is 1. The fourth-order valence-electron chi connectivity index (χ4n) is 6.90. The van der Waals surface area contributed by atoms with Crippen molar-refractivity contribution in [2.75, 3.05) is 6.54 Å². The molecule has 1 N–H and O–H groups in total. The first-order chi connectivity index (χ1) is 22.5. The highest BCUT2D eigenvalue weighted by molar-refractivity contribution is 7.20. The van der Waals surface area contributed by atoms with E-state index < -0.39 is 23.2 Å². The molecule has 3 aromatic rings. The van der Waals surface area contributed by atoms with E-state index in [1.165, 1.54) is 23.5 Å². The molecule has 8 nitrogen and oxygen atoms in total. The van der Waals surface area contributed by atoms with Crippen molar-refractivity contribution < 1.29 is 28.3 Å². The quantitative estimate of drug-likeness (QED) is 0.226. The fraction of sp³-hybridized carbons (Fsp3) is 0.514. The lowest BCUT2D eigenvalue weighted by molar-refractivity contribution is -0.153. The van der Waals surface area contributed by atoms with Crippen LogP contribution in [0.3, 0.4) is 0 Å². The number of thiazole rings is 1. The Morgan fingerprint density at radius 2 is 1.94 bits per heavy atom. The number of nitrogens with zero attached hydrogens (tertiary/aromatic N) is 2. The van der Waals surface area contributed by atoms with E-state index in [1.807, 2.05) is 51.1 Å². The molecule has 3 heterocycles. The van der Waals surface area contributed by atoms with Crippen LogP contribution in [0.25, 0.3) is 10.2 Å². The topological polar surface area (TPSA) is 97.8 Å². The fourth-order valence-corrected chi connectivity index (χ4v) is 7.80. The van der Waals surface area contributed by atoms with E-state index in [1.54, 1.807) is 11.0 Å². The van der Waals surface area contributed by atoms with Gasteiger partial charge in [-0.15, -0.1) is 0 Å². The summed E-state index contributed by atoms with van der Waals surface area (Å²) in [6, 6.07) is 13.7. The van der Waals surface area contributed by atoms with Crippen molar-refractivity contribution in [3.63, 3.8) is 0 Å². The number of benzene rings is 2. The van der Waals surface area contributed by atoms with E-state index in [2.05, 4.69) is 22.6 Å². The normalized spacial score (nSPS) is 27.8. The molecule has 47 heavy (non-hydrogen) atoms. The highest BCUT2D eigenvalue weighted by Gasteiger charge is 2.61. The van der Waals surface area contributed by atoms with Crippen LogP contribution in [-0.4, -0.2) is 51.8 Å². The molecule has 1 aromatic heterocycles. The zero-order valence-corrected chi connectivity index (χ0v) is 28.2. The second kappa shape index (κ2) is 13.8. The number of rotatable bonds is 6. The third kappa shape index (κ3) is 7.92. The second-order valence-corrected chi connectivity index (χ2v) is 15.3. The maximum Gasteiger partial charge on any atom is 0.274 e. The number of carbonyl (C=O) groups excluding carboxylic acids is 3. The molecule has 5 atom stereocenters. The molecule has 1 saturated carbocycles. The zero-order valence-electron chi connectivity index (χ0n) is 27.4. The summed E-state index contributed by atoms with van der Waals surface area (Å²) < 4.78 is 20.8. The Balaban J connectivity index is 1.28. The van der Waals surface area contributed by atoms with Gasteiger partial charge in [-0.25, -0.2) is 14.9 Å². The summed E-state index contributed by atoms with van der Waals surface area (Å²) in [7, 11) is 0. The van der Waals surface area contributed by atoms with Gasteiger partial charge in [0, 0.05) is 18.8 Å². The Hall–Kier alpha value is -3.63. The minimum Gasteiger partial charge on any atom is -0.465 e. The second-order valence-electron chi connectivity index (χ2n) is 14.3. The van der Waals surface area contributed by atoms with Crippen LogP contribution in [-0.2, 0) is 25.6 Å². The van der Waals surface area contributed by atoms with Gasteiger partial charge in [-0.3, -0.25) is 19.2 Å². The molecular weight excluding hydrogens is 617 g/mol. The lowest BCUT2D eigenvalue weighted by Gasteiger charge is -2.29. The predicted molar refractivity (Wildman–Crippen MR) is 179 cm³/mol. The Bertz CT molecular complexity index is 1640. The first kappa shape index (κ1) is 33.3. The number of fused-ring (bicyclic) bond motifs is 3. The molecule has 6 rings (SSSR count). The van der Waals surface area contributed by atoms with Crippen LogP contribution in [0, 0.1) is 23.1 Å². The third-order valence-corrected chi connectivity index (χ3v) is 10.4. The predicted octanol–water partition coefficient (Wildman–Crippen LogP) is 6.97. The van der Waals surface area contributed by atoms with Crippen LogP contribution in [0.4, 0.5) is 4.39 Å². The number of hydrogen-bond acceptors (Lipinski definition) is 7. The lowest BCUT2D eigenvalue weighted by atomic mass is 9.90. The molecule has 0 spiro atoms. The minimum atomic E-state index is -0.923. The van der Waals surface area contributed by atoms with Gasteiger partial charge in [0.15, 0.2) is 5.78 Å². The van der Waals surface area contributed by atoms with Crippen molar-refractivity contribution in [1.82, 2.24) is 15.4 Å². The number of hydroxylamine groups is 1. The largest absolute Gasteiger partial charge is 0.465 e. The Labute approximate surface area is 279 Å². The molecule has 0 radical (unpaired) electrons. The molecule has 2 aliphatic heterocycles. The number of carbonyl (C=O) groups is 3. The van der Waals surface area contributed by atoms with Crippen LogP contribution in [0.5, 0.6) is 5.19 Å². The molecule has 3 aliphatic rings. The summed E-state index contributed by atoms with van der Waals surface area (Å²) in [5, 5.41) is 0.377. The van der Waals surface area contributed by atoms with Gasteiger partial charge in [0.05, 0.1) is 33.8 Å². The van der Waals surface area contributed by atoms with Gasteiger partial charge in [0.2, 0.25) is 5.91 Å². The molecule has 1 aliphatic carbocycles. The van der Waals surface area contributed by atoms with Gasteiger partial charge >= 0.3 is 0 Å². The van der Waals surface area contributed by atoms with Crippen molar-refractivity contribution in [3.8, 4) is 5.19 Å². The molecule has 10 heteroatoms. The van der Waals surface area contributed by atoms with Gasteiger partial charge < -0.3 is 9.64 Å². The highest BCUT2D eigenvalue weighted by atomic mass is 32.1. The average Bonchev–Trinajstić information content (AvgIpc) is 3.34. The van der Waals surface area contributed by atoms with Crippen molar-refractivity contribution in [2.45, 2.75) is 96.3 Å². The minimum absolute atomic E-state index is 0.00623. The monoisotopic (exact) mass is 661 g/mol. The summed E-state index contributed by atoms with van der Waals surface area (Å²) in [4.78, 5) is 54.3. The number of Topliss-reactive ketones (excluding diaryl/α,β-unsaturated/α-hetero) is 1. The number of halogens is 1. The van der Waals surface area contributed by atoms with Gasteiger partial charge in [0.1, 0.15) is 11.9 Å². The summed E-state index contributed by atoms with van der Waals surface area (Å²) in [6.45, 7) is 5.80. The zero-order chi connectivity index (χ0) is 33.2. The molecule has 2 amide bonds. The number of allylic oxidation sites excluding steroid dienone is 2. The molecule has 1 saturated heterocycles. The van der Waals surface area contributed by atoms with Crippen LogP contribution in [0.15, 0.2) is 60.7 Å². The van der Waals surface area contributed by atoms with Crippen LogP contribution < -0.4 is 10.2 Å². The average molecular weight is 662 g/mol. The number of ketones is 1. The van der Waals surface area contributed by atoms with E-state index in [0.29, 0.717) is 34.7 Å². The molecule has 0 unspecified atom stereocenters. The van der Waals surface area contributed by atoms with Crippen molar-refractivity contribution in [2.24, 2.45) is 17.3 Å². The van der Waals surface area contributed by atoms with E-state index in [0.717, 1.165) is 37.7 Å². The Morgan fingerprint density at radius 3 is 2.72 bits per heavy atom. The highest BCUT2D eigenvalue weighted by Crippen LogP contribution is 2.57. The molecular formula is C37H44FN3O5S. The van der Waals surface area contributed by atoms with Crippen LogP contribution in [0.2, 0.25) is 0 Å². The lowest BCUT2D eigenvalue weighted by Crippen LogP contribution is -2.46. The van der Waals surface area contributed by atoms with E-state index >= 15 is 0 Å². The SMILES string of the molecule is CC(C)(C)ONC(=O)[C@]12CC(=O)[C@@H]3C[C@@H](Oc4nc5ccc(F)cc5s4)CN3C(=O)[C@@H](Cc3ccccc3)CCCCC/C=C\[C@H]1C2. The van der Waals surface area contributed by atoms with Crippen molar-refractivity contribution in [3.05, 3.63) is 72.1 Å². The standard InChI is InChI=1S/C37H44FN3O5S/c1-36(2,3)46-40-34(44)37-21-26(37)15-11-6-4-5-10-14-25(18-24-12-8-7-9-13-24)33(43)41-23-28(20-30(41)31(42)22-37)45-35-39-29-17-16-27(38)19-32(29)47-35/h7-9,11-13,15-17,19,25-26,28,30H,4-6,10,14,18,20-23H2,1-3H3,(H,40,44)/b15-11-/t25-,26+,28-,30+,37-/m1/s1. The van der Waals surface area contributed by atoms with Gasteiger partial charge in [-0.05, 0) is 82.6 Å². The number of ether oxygens (including phenoxy) is 1. The van der Waals surface area contributed by atoms with E-state index in [-0.39, 0.29) is 48.2 Å². The van der Waals surface area contributed by atoms with E-state index in [9.17, 15) is 18.8 Å². The number of hydrogen-bond donors (Lipinski definition) is 1. The van der Waals surface area contributed by atoms with Gasteiger partial charge in [-0.1, -0.05) is 66.7 Å².